The first-order valence-corrected chi connectivity index (χ1v) is 8.20. The second-order valence-corrected chi connectivity index (χ2v) is 5.99. The van der Waals surface area contributed by atoms with Gasteiger partial charge < -0.3 is 14.5 Å². The Hall–Kier alpha value is -2.49. The molecule has 0 bridgehead atoms. The zero-order valence-electron chi connectivity index (χ0n) is 15.0. The van der Waals surface area contributed by atoms with Crippen LogP contribution in [0.2, 0.25) is 0 Å². The van der Waals surface area contributed by atoms with Crippen LogP contribution >= 0.6 is 0 Å². The smallest absolute Gasteiger partial charge is 0.227 e. The third-order valence-electron chi connectivity index (χ3n) is 4.08. The summed E-state index contributed by atoms with van der Waals surface area (Å²) in [5, 5.41) is 0. The van der Waals surface area contributed by atoms with E-state index >= 15 is 0 Å². The fourth-order valence-electron chi connectivity index (χ4n) is 2.53. The Bertz CT molecular complexity index is 648. The van der Waals surface area contributed by atoms with Crippen molar-refractivity contribution in [3.05, 3.63) is 59.7 Å². The molecule has 0 heterocycles. The van der Waals surface area contributed by atoms with E-state index in [4.69, 9.17) is 4.74 Å². The lowest BCUT2D eigenvalue weighted by molar-refractivity contribution is -0.130. The molecule has 0 spiro atoms. The lowest BCUT2D eigenvalue weighted by atomic mass is 10.1. The minimum Gasteiger partial charge on any atom is -0.497 e. The molecule has 0 N–H and O–H groups in total. The quantitative estimate of drug-likeness (QED) is 0.782. The molecule has 0 saturated carbocycles. The maximum atomic E-state index is 12.6. The SMILES string of the molecule is CCN(Cc1ccc(N(C)C)cc1)C(=O)Cc1ccc(OC)cc1. The molecular formula is C20H26N2O2. The summed E-state index contributed by atoms with van der Waals surface area (Å²) in [4.78, 5) is 16.5. The van der Waals surface area contributed by atoms with Crippen molar-refractivity contribution in [3.63, 3.8) is 0 Å². The zero-order valence-corrected chi connectivity index (χ0v) is 15.0. The van der Waals surface area contributed by atoms with Gasteiger partial charge in [0.1, 0.15) is 5.75 Å². The monoisotopic (exact) mass is 326 g/mol. The summed E-state index contributed by atoms with van der Waals surface area (Å²) in [6.45, 7) is 3.35. The van der Waals surface area contributed by atoms with E-state index in [1.807, 2.05) is 50.2 Å². The maximum Gasteiger partial charge on any atom is 0.227 e. The molecule has 4 nitrogen and oxygen atoms in total. The van der Waals surface area contributed by atoms with Gasteiger partial charge >= 0.3 is 0 Å². The van der Waals surface area contributed by atoms with Gasteiger partial charge in [0.15, 0.2) is 0 Å². The molecule has 0 aliphatic carbocycles. The number of carbonyl (C=O) groups excluding carboxylic acids is 1. The molecule has 1 amide bonds. The number of ether oxygens (including phenoxy) is 1. The average Bonchev–Trinajstić information content (AvgIpc) is 2.60. The molecule has 0 aromatic heterocycles. The van der Waals surface area contributed by atoms with E-state index in [-0.39, 0.29) is 5.91 Å². The number of likely N-dealkylation sites (N-methyl/N-ethyl adjacent to an activating group) is 1. The minimum absolute atomic E-state index is 0.138. The molecule has 0 saturated heterocycles. The molecule has 0 atom stereocenters. The van der Waals surface area contributed by atoms with Crippen LogP contribution in [0.25, 0.3) is 0 Å². The Morgan fingerprint density at radius 1 is 0.958 bits per heavy atom. The summed E-state index contributed by atoms with van der Waals surface area (Å²) in [6, 6.07) is 16.0. The van der Waals surface area contributed by atoms with Crippen LogP contribution in [0.5, 0.6) is 5.75 Å². The molecule has 0 unspecified atom stereocenters. The zero-order chi connectivity index (χ0) is 17.5. The van der Waals surface area contributed by atoms with Crippen molar-refractivity contribution in [1.82, 2.24) is 4.90 Å². The molecule has 128 valence electrons. The summed E-state index contributed by atoms with van der Waals surface area (Å²) in [7, 11) is 5.68. The van der Waals surface area contributed by atoms with Gasteiger partial charge in [0.2, 0.25) is 5.91 Å². The lowest BCUT2D eigenvalue weighted by Crippen LogP contribution is -2.31. The number of hydrogen-bond acceptors (Lipinski definition) is 3. The van der Waals surface area contributed by atoms with Crippen LogP contribution in [-0.2, 0) is 17.8 Å². The van der Waals surface area contributed by atoms with Gasteiger partial charge in [0.05, 0.1) is 13.5 Å². The first-order valence-electron chi connectivity index (χ1n) is 8.20. The number of benzene rings is 2. The van der Waals surface area contributed by atoms with Crippen molar-refractivity contribution in [1.29, 1.82) is 0 Å². The van der Waals surface area contributed by atoms with Crippen molar-refractivity contribution in [2.24, 2.45) is 0 Å². The van der Waals surface area contributed by atoms with E-state index in [0.29, 0.717) is 19.5 Å². The van der Waals surface area contributed by atoms with E-state index in [0.717, 1.165) is 22.6 Å². The van der Waals surface area contributed by atoms with Crippen LogP contribution in [0.3, 0.4) is 0 Å². The van der Waals surface area contributed by atoms with E-state index in [2.05, 4.69) is 29.2 Å². The predicted molar refractivity (Wildman–Crippen MR) is 98.6 cm³/mol. The van der Waals surface area contributed by atoms with Crippen LogP contribution in [-0.4, -0.2) is 38.6 Å². The van der Waals surface area contributed by atoms with Crippen LogP contribution in [0.15, 0.2) is 48.5 Å². The standard InChI is InChI=1S/C20H26N2O2/c1-5-22(15-17-6-10-18(11-7-17)21(2)3)20(23)14-16-8-12-19(24-4)13-9-16/h6-13H,5,14-15H2,1-4H3. The largest absolute Gasteiger partial charge is 0.497 e. The third-order valence-corrected chi connectivity index (χ3v) is 4.08. The Morgan fingerprint density at radius 2 is 1.54 bits per heavy atom. The van der Waals surface area contributed by atoms with Crippen molar-refractivity contribution in [2.45, 2.75) is 19.9 Å². The molecule has 4 heteroatoms. The Kier molecular flexibility index (Phi) is 6.24. The highest BCUT2D eigenvalue weighted by molar-refractivity contribution is 5.78. The number of hydrogen-bond donors (Lipinski definition) is 0. The van der Waals surface area contributed by atoms with Crippen molar-refractivity contribution >= 4 is 11.6 Å². The van der Waals surface area contributed by atoms with Crippen molar-refractivity contribution in [3.8, 4) is 5.75 Å². The van der Waals surface area contributed by atoms with Gasteiger partial charge in [-0.2, -0.15) is 0 Å². The third kappa shape index (κ3) is 4.75. The van der Waals surface area contributed by atoms with Gasteiger partial charge in [-0.05, 0) is 42.3 Å². The highest BCUT2D eigenvalue weighted by Gasteiger charge is 2.13. The van der Waals surface area contributed by atoms with Gasteiger partial charge in [0.25, 0.3) is 0 Å². The van der Waals surface area contributed by atoms with E-state index in [9.17, 15) is 4.79 Å². The summed E-state index contributed by atoms with van der Waals surface area (Å²) in [6.07, 6.45) is 0.410. The van der Waals surface area contributed by atoms with E-state index in [1.54, 1.807) is 7.11 Å². The highest BCUT2D eigenvalue weighted by atomic mass is 16.5. The number of methoxy groups -OCH3 is 1. The summed E-state index contributed by atoms with van der Waals surface area (Å²) < 4.78 is 5.15. The van der Waals surface area contributed by atoms with Crippen LogP contribution in [0.4, 0.5) is 5.69 Å². The van der Waals surface area contributed by atoms with Gasteiger partial charge in [0, 0.05) is 32.9 Å². The first-order chi connectivity index (χ1) is 11.5. The molecule has 24 heavy (non-hydrogen) atoms. The summed E-state index contributed by atoms with van der Waals surface area (Å²) in [5.41, 5.74) is 3.30. The average molecular weight is 326 g/mol. The molecule has 0 radical (unpaired) electrons. The molecule has 2 aromatic carbocycles. The maximum absolute atomic E-state index is 12.6. The highest BCUT2D eigenvalue weighted by Crippen LogP contribution is 2.15. The fourth-order valence-corrected chi connectivity index (χ4v) is 2.53. The molecule has 2 aromatic rings. The van der Waals surface area contributed by atoms with Gasteiger partial charge in [-0.15, -0.1) is 0 Å². The van der Waals surface area contributed by atoms with Crippen LogP contribution < -0.4 is 9.64 Å². The molecular weight excluding hydrogens is 300 g/mol. The minimum atomic E-state index is 0.138. The topological polar surface area (TPSA) is 32.8 Å². The summed E-state index contributed by atoms with van der Waals surface area (Å²) in [5.74, 6) is 0.943. The number of nitrogens with zero attached hydrogens (tertiary/aromatic N) is 2. The summed E-state index contributed by atoms with van der Waals surface area (Å²) >= 11 is 0. The van der Waals surface area contributed by atoms with Crippen molar-refractivity contribution in [2.75, 3.05) is 32.6 Å². The van der Waals surface area contributed by atoms with Gasteiger partial charge in [-0.1, -0.05) is 24.3 Å². The van der Waals surface area contributed by atoms with Crippen molar-refractivity contribution < 1.29 is 9.53 Å². The normalized spacial score (nSPS) is 10.3. The Morgan fingerprint density at radius 3 is 2.04 bits per heavy atom. The lowest BCUT2D eigenvalue weighted by Gasteiger charge is -2.22. The first kappa shape index (κ1) is 17.9. The molecule has 0 aliphatic heterocycles. The Balaban J connectivity index is 1.99. The Labute approximate surface area is 144 Å². The number of amides is 1. The number of anilines is 1. The predicted octanol–water partition coefficient (Wildman–Crippen LogP) is 3.35. The molecule has 0 fully saturated rings. The molecule has 0 aliphatic rings. The molecule has 2 rings (SSSR count). The van der Waals surface area contributed by atoms with Crippen LogP contribution in [0.1, 0.15) is 18.1 Å². The number of carbonyl (C=O) groups is 1. The van der Waals surface area contributed by atoms with Gasteiger partial charge in [-0.25, -0.2) is 0 Å². The second kappa shape index (κ2) is 8.39. The van der Waals surface area contributed by atoms with Crippen LogP contribution in [0, 0.1) is 0 Å². The number of rotatable bonds is 7. The fraction of sp³-hybridized carbons (Fsp3) is 0.350. The van der Waals surface area contributed by atoms with E-state index < -0.39 is 0 Å². The van der Waals surface area contributed by atoms with Gasteiger partial charge in [-0.3, -0.25) is 4.79 Å². The van der Waals surface area contributed by atoms with E-state index in [1.165, 1.54) is 0 Å². The second-order valence-electron chi connectivity index (χ2n) is 5.99.